The fourth-order valence-electron chi connectivity index (χ4n) is 0.959. The molecule has 78 valence electrons. The first-order valence-electron chi connectivity index (χ1n) is 4.05. The van der Waals surface area contributed by atoms with E-state index in [1.165, 1.54) is 12.1 Å². The number of nitrogens with zero attached hydrogens (tertiary/aromatic N) is 1. The predicted octanol–water partition coefficient (Wildman–Crippen LogP) is 2.57. The molecule has 0 aliphatic carbocycles. The second kappa shape index (κ2) is 4.77. The minimum atomic E-state index is -3.48. The molecule has 0 bridgehead atoms. The molecule has 0 heterocycles. The van der Waals surface area contributed by atoms with E-state index >= 15 is 0 Å². The lowest BCUT2D eigenvalue weighted by atomic mass is 10.2. The van der Waals surface area contributed by atoms with Crippen molar-refractivity contribution >= 4 is 32.4 Å². The minimum absolute atomic E-state index is 0.146. The van der Waals surface area contributed by atoms with Gasteiger partial charge in [-0.05, 0) is 41.6 Å². The Morgan fingerprint density at radius 3 is 2.40 bits per heavy atom. The summed E-state index contributed by atoms with van der Waals surface area (Å²) in [5.41, 5.74) is 0.993. The Kier molecular flexibility index (Phi) is 3.88. The van der Waals surface area contributed by atoms with Gasteiger partial charge in [0.15, 0.2) is 0 Å². The topological polar surface area (TPSA) is 57.9 Å². The van der Waals surface area contributed by atoms with Crippen LogP contribution in [0, 0.1) is 18.3 Å². The molecule has 5 heteroatoms. The van der Waals surface area contributed by atoms with Gasteiger partial charge in [-0.3, -0.25) is 0 Å². The number of hydrogen-bond acceptors (Lipinski definition) is 3. The second-order valence-corrected chi connectivity index (χ2v) is 5.89. The van der Waals surface area contributed by atoms with Crippen LogP contribution < -0.4 is 0 Å². The first-order valence-corrected chi connectivity index (χ1v) is 6.67. The molecule has 0 radical (unpaired) electrons. The molecule has 0 aliphatic heterocycles. The molecule has 0 saturated heterocycles. The highest BCUT2D eigenvalue weighted by atomic mass is 127. The van der Waals surface area contributed by atoms with Crippen molar-refractivity contribution in [2.45, 2.75) is 11.8 Å². The third-order valence-corrected chi connectivity index (χ3v) is 4.17. The average Bonchev–Trinajstić information content (AvgIpc) is 2.17. The van der Waals surface area contributed by atoms with Crippen LogP contribution >= 0.6 is 22.6 Å². The van der Waals surface area contributed by atoms with E-state index in [0.717, 1.165) is 11.0 Å². The summed E-state index contributed by atoms with van der Waals surface area (Å²) < 4.78 is 23.5. The summed E-state index contributed by atoms with van der Waals surface area (Å²) in [5.74, 6) is 0. The highest BCUT2D eigenvalue weighted by molar-refractivity contribution is 14.1. The van der Waals surface area contributed by atoms with E-state index in [1.807, 2.05) is 6.92 Å². The van der Waals surface area contributed by atoms with Crippen LogP contribution in [0.5, 0.6) is 0 Å². The zero-order valence-corrected chi connectivity index (χ0v) is 10.9. The zero-order chi connectivity index (χ0) is 11.5. The van der Waals surface area contributed by atoms with Gasteiger partial charge < -0.3 is 0 Å². The molecule has 0 fully saturated rings. The predicted molar refractivity (Wildman–Crippen MR) is 66.1 cm³/mol. The number of rotatable bonds is 2. The van der Waals surface area contributed by atoms with Crippen LogP contribution in [-0.4, -0.2) is 8.42 Å². The van der Waals surface area contributed by atoms with Crippen LogP contribution in [0.15, 0.2) is 38.1 Å². The number of allylic oxidation sites excluding steroid dienone is 1. The van der Waals surface area contributed by atoms with Crippen LogP contribution in [0.25, 0.3) is 0 Å². The number of nitriles is 1. The number of halogens is 1. The van der Waals surface area contributed by atoms with Crippen LogP contribution in [0.4, 0.5) is 0 Å². The van der Waals surface area contributed by atoms with Crippen LogP contribution in [0.3, 0.4) is 0 Å². The zero-order valence-electron chi connectivity index (χ0n) is 7.94. The molecule has 0 amide bonds. The first-order chi connectivity index (χ1) is 6.95. The Labute approximate surface area is 102 Å². The van der Waals surface area contributed by atoms with E-state index in [0.29, 0.717) is 0 Å². The largest absolute Gasteiger partial charge is 0.219 e. The Hall–Kier alpha value is -0.870. The third-order valence-electron chi connectivity index (χ3n) is 1.71. The van der Waals surface area contributed by atoms with Crippen molar-refractivity contribution in [2.24, 2.45) is 0 Å². The first kappa shape index (κ1) is 12.2. The maximum absolute atomic E-state index is 11.7. The summed E-state index contributed by atoms with van der Waals surface area (Å²) in [6, 6.07) is 8.28. The molecule has 0 aromatic heterocycles. The van der Waals surface area contributed by atoms with Crippen molar-refractivity contribution < 1.29 is 8.42 Å². The van der Waals surface area contributed by atoms with Crippen LogP contribution in [0.2, 0.25) is 0 Å². The molecule has 3 nitrogen and oxygen atoms in total. The maximum atomic E-state index is 11.7. The molecular formula is C10H8INO2S. The van der Waals surface area contributed by atoms with Crippen LogP contribution in [0.1, 0.15) is 5.56 Å². The van der Waals surface area contributed by atoms with Crippen LogP contribution in [-0.2, 0) is 9.84 Å². The van der Waals surface area contributed by atoms with E-state index in [-0.39, 0.29) is 8.48 Å². The highest BCUT2D eigenvalue weighted by Crippen LogP contribution is 2.16. The van der Waals surface area contributed by atoms with Crippen molar-refractivity contribution in [3.05, 3.63) is 38.8 Å². The molecule has 0 unspecified atom stereocenters. The molecule has 1 aromatic carbocycles. The van der Waals surface area contributed by atoms with Crippen molar-refractivity contribution in [3.63, 3.8) is 0 Å². The van der Waals surface area contributed by atoms with Crippen molar-refractivity contribution in [2.75, 3.05) is 0 Å². The Bertz CT molecular complexity index is 524. The van der Waals surface area contributed by atoms with E-state index in [4.69, 9.17) is 5.26 Å². The monoisotopic (exact) mass is 333 g/mol. The van der Waals surface area contributed by atoms with Gasteiger partial charge >= 0.3 is 0 Å². The number of sulfone groups is 1. The molecule has 0 N–H and O–H groups in total. The lowest BCUT2D eigenvalue weighted by Gasteiger charge is -1.99. The van der Waals surface area contributed by atoms with Gasteiger partial charge in [0.2, 0.25) is 9.84 Å². The Morgan fingerprint density at radius 1 is 1.40 bits per heavy atom. The molecule has 0 aliphatic rings. The van der Waals surface area contributed by atoms with Gasteiger partial charge in [0.25, 0.3) is 0 Å². The molecule has 1 rings (SSSR count). The van der Waals surface area contributed by atoms with E-state index in [2.05, 4.69) is 0 Å². The SMILES string of the molecule is Cc1ccc(S(=O)(=O)/C=C(\I)C#N)cc1. The summed E-state index contributed by atoms with van der Waals surface area (Å²) in [4.78, 5) is 0.206. The molecule has 0 atom stereocenters. The van der Waals surface area contributed by atoms with E-state index in [1.54, 1.807) is 40.8 Å². The summed E-state index contributed by atoms with van der Waals surface area (Å²) in [6.07, 6.45) is 0. The van der Waals surface area contributed by atoms with Gasteiger partial charge in [-0.15, -0.1) is 0 Å². The normalized spacial score (nSPS) is 12.2. The lowest BCUT2D eigenvalue weighted by Crippen LogP contribution is -1.96. The molecule has 0 saturated carbocycles. The van der Waals surface area contributed by atoms with Gasteiger partial charge in [0, 0.05) is 0 Å². The van der Waals surface area contributed by atoms with Crippen molar-refractivity contribution in [1.29, 1.82) is 5.26 Å². The second-order valence-electron chi connectivity index (χ2n) is 2.94. The number of benzene rings is 1. The van der Waals surface area contributed by atoms with Gasteiger partial charge in [0.05, 0.1) is 10.3 Å². The Balaban J connectivity index is 3.20. The summed E-state index contributed by atoms with van der Waals surface area (Å²) in [5, 5.41) is 9.47. The summed E-state index contributed by atoms with van der Waals surface area (Å²) in [7, 11) is -3.48. The quantitative estimate of drug-likeness (QED) is 0.617. The Morgan fingerprint density at radius 2 is 1.93 bits per heavy atom. The van der Waals surface area contributed by atoms with Crippen molar-refractivity contribution in [1.82, 2.24) is 0 Å². The molecular weight excluding hydrogens is 325 g/mol. The van der Waals surface area contributed by atoms with Gasteiger partial charge in [0.1, 0.15) is 9.65 Å². The fraction of sp³-hybridized carbons (Fsp3) is 0.100. The van der Waals surface area contributed by atoms with Crippen molar-refractivity contribution in [3.8, 4) is 6.07 Å². The van der Waals surface area contributed by atoms with E-state index < -0.39 is 9.84 Å². The van der Waals surface area contributed by atoms with Gasteiger partial charge in [-0.1, -0.05) is 17.7 Å². The molecule has 15 heavy (non-hydrogen) atoms. The van der Waals surface area contributed by atoms with Gasteiger partial charge in [-0.25, -0.2) is 8.42 Å². The van der Waals surface area contributed by atoms with E-state index in [9.17, 15) is 8.42 Å². The minimum Gasteiger partial charge on any atom is -0.219 e. The number of hydrogen-bond donors (Lipinski definition) is 0. The van der Waals surface area contributed by atoms with Gasteiger partial charge in [-0.2, -0.15) is 5.26 Å². The summed E-state index contributed by atoms with van der Waals surface area (Å²) in [6.45, 7) is 1.88. The lowest BCUT2D eigenvalue weighted by molar-refractivity contribution is 0.604. The third kappa shape index (κ3) is 3.32. The summed E-state index contributed by atoms with van der Waals surface area (Å²) >= 11 is 1.69. The maximum Gasteiger partial charge on any atom is 0.201 e. The molecule has 0 spiro atoms. The fourth-order valence-corrected chi connectivity index (χ4v) is 2.94. The number of aryl methyl sites for hydroxylation is 1. The smallest absolute Gasteiger partial charge is 0.201 e. The molecule has 1 aromatic rings. The average molecular weight is 333 g/mol. The highest BCUT2D eigenvalue weighted by Gasteiger charge is 2.11. The standard InChI is InChI=1S/C10H8INO2S/c1-8-2-4-10(5-3-8)15(13,14)7-9(11)6-12/h2-5,7H,1H3/b9-7-.